The van der Waals surface area contributed by atoms with Crippen LogP contribution in [0.3, 0.4) is 0 Å². The summed E-state index contributed by atoms with van der Waals surface area (Å²) in [7, 11) is 5.39. The highest BCUT2D eigenvalue weighted by atomic mass is 16.2. The Morgan fingerprint density at radius 2 is 1.96 bits per heavy atom. The minimum absolute atomic E-state index is 0.0224. The first-order valence-electron chi connectivity index (χ1n) is 7.50. The molecule has 23 heavy (non-hydrogen) atoms. The lowest BCUT2D eigenvalue weighted by molar-refractivity contribution is 0.0829. The Balaban J connectivity index is 2.35. The number of amides is 1. The predicted octanol–water partition coefficient (Wildman–Crippen LogP) is 2.95. The molecule has 0 bridgehead atoms. The van der Waals surface area contributed by atoms with Gasteiger partial charge in [-0.15, -0.1) is 0 Å². The monoisotopic (exact) mass is 308 g/mol. The quantitative estimate of drug-likeness (QED) is 0.731. The van der Waals surface area contributed by atoms with Gasteiger partial charge in [0.25, 0.3) is 5.91 Å². The number of carbonyl (C=O) groups is 1. The molecule has 0 N–H and O–H groups in total. The van der Waals surface area contributed by atoms with Gasteiger partial charge in [0.1, 0.15) is 0 Å². The van der Waals surface area contributed by atoms with E-state index in [-0.39, 0.29) is 5.91 Å². The van der Waals surface area contributed by atoms with Crippen LogP contribution in [-0.4, -0.2) is 39.7 Å². The van der Waals surface area contributed by atoms with Gasteiger partial charge in [-0.2, -0.15) is 5.10 Å². The first-order valence-corrected chi connectivity index (χ1v) is 7.50. The fourth-order valence-corrected chi connectivity index (χ4v) is 2.65. The van der Waals surface area contributed by atoms with E-state index in [4.69, 9.17) is 4.98 Å². The van der Waals surface area contributed by atoms with Gasteiger partial charge in [-0.1, -0.05) is 12.1 Å². The minimum atomic E-state index is -0.0224. The van der Waals surface area contributed by atoms with Crippen molar-refractivity contribution in [1.29, 1.82) is 0 Å². The number of benzene rings is 1. The summed E-state index contributed by atoms with van der Waals surface area (Å²) in [5.41, 5.74) is 5.48. The Morgan fingerprint density at radius 1 is 1.22 bits per heavy atom. The van der Waals surface area contributed by atoms with Gasteiger partial charge in [0.05, 0.1) is 23.0 Å². The maximum absolute atomic E-state index is 12.6. The maximum Gasteiger partial charge on any atom is 0.254 e. The van der Waals surface area contributed by atoms with Crippen molar-refractivity contribution in [3.63, 3.8) is 0 Å². The second-order valence-electron chi connectivity index (χ2n) is 6.06. The molecule has 0 unspecified atom stereocenters. The van der Waals surface area contributed by atoms with Crippen molar-refractivity contribution in [3.05, 3.63) is 47.3 Å². The molecule has 0 spiro atoms. The van der Waals surface area contributed by atoms with Crippen LogP contribution in [0.1, 0.15) is 21.5 Å². The number of pyridine rings is 1. The summed E-state index contributed by atoms with van der Waals surface area (Å²) in [6, 6.07) is 5.88. The van der Waals surface area contributed by atoms with Crippen LogP contribution in [0.2, 0.25) is 0 Å². The number of nitrogens with zero attached hydrogens (tertiary/aromatic N) is 4. The summed E-state index contributed by atoms with van der Waals surface area (Å²) in [5.74, 6) is -0.0224. The topological polar surface area (TPSA) is 51.0 Å². The molecule has 1 aromatic carbocycles. The molecule has 0 saturated carbocycles. The van der Waals surface area contributed by atoms with Gasteiger partial charge < -0.3 is 4.90 Å². The molecule has 0 aliphatic heterocycles. The fraction of sp³-hybridized carbons (Fsp3) is 0.278. The van der Waals surface area contributed by atoms with Crippen LogP contribution < -0.4 is 0 Å². The van der Waals surface area contributed by atoms with Crippen LogP contribution in [0, 0.1) is 13.8 Å². The summed E-state index contributed by atoms with van der Waals surface area (Å²) in [4.78, 5) is 19.0. The van der Waals surface area contributed by atoms with Gasteiger partial charge in [-0.3, -0.25) is 9.48 Å². The van der Waals surface area contributed by atoms with Gasteiger partial charge in [0.15, 0.2) is 0 Å². The smallest absolute Gasteiger partial charge is 0.254 e. The van der Waals surface area contributed by atoms with Gasteiger partial charge >= 0.3 is 0 Å². The van der Waals surface area contributed by atoms with E-state index in [9.17, 15) is 4.79 Å². The summed E-state index contributed by atoms with van der Waals surface area (Å²) in [6.45, 7) is 4.10. The first-order chi connectivity index (χ1) is 10.9. The molecule has 1 amide bonds. The fourth-order valence-electron chi connectivity index (χ4n) is 2.65. The van der Waals surface area contributed by atoms with E-state index >= 15 is 0 Å². The van der Waals surface area contributed by atoms with Gasteiger partial charge in [-0.05, 0) is 31.0 Å². The van der Waals surface area contributed by atoms with Gasteiger partial charge in [0, 0.05) is 38.3 Å². The van der Waals surface area contributed by atoms with Crippen molar-refractivity contribution in [3.8, 4) is 11.3 Å². The van der Waals surface area contributed by atoms with Crippen LogP contribution in [-0.2, 0) is 7.05 Å². The number of aromatic nitrogens is 3. The molecule has 2 aromatic heterocycles. The predicted molar refractivity (Wildman–Crippen MR) is 91.4 cm³/mol. The molecule has 0 fully saturated rings. The van der Waals surface area contributed by atoms with Crippen molar-refractivity contribution >= 4 is 16.8 Å². The van der Waals surface area contributed by atoms with Crippen LogP contribution in [0.4, 0.5) is 0 Å². The Bertz CT molecular complexity index is 909. The molecule has 0 aliphatic carbocycles. The molecule has 0 saturated heterocycles. The summed E-state index contributed by atoms with van der Waals surface area (Å²) in [6.07, 6.45) is 3.67. The number of carbonyl (C=O) groups excluding carboxylic acids is 1. The molecular weight excluding hydrogens is 288 g/mol. The van der Waals surface area contributed by atoms with Crippen molar-refractivity contribution in [2.75, 3.05) is 14.1 Å². The van der Waals surface area contributed by atoms with E-state index in [0.29, 0.717) is 5.56 Å². The molecule has 0 atom stereocenters. The molecule has 2 heterocycles. The van der Waals surface area contributed by atoms with Crippen molar-refractivity contribution < 1.29 is 4.79 Å². The van der Waals surface area contributed by atoms with E-state index in [1.54, 1.807) is 29.9 Å². The Labute approximate surface area is 135 Å². The largest absolute Gasteiger partial charge is 0.345 e. The first kappa shape index (κ1) is 15.2. The van der Waals surface area contributed by atoms with E-state index in [0.717, 1.165) is 33.3 Å². The molecule has 3 rings (SSSR count). The van der Waals surface area contributed by atoms with E-state index in [1.807, 2.05) is 38.4 Å². The number of aryl methyl sites for hydroxylation is 3. The number of rotatable bonds is 2. The third-order valence-corrected chi connectivity index (χ3v) is 4.14. The number of fused-ring (bicyclic) bond motifs is 1. The minimum Gasteiger partial charge on any atom is -0.345 e. The van der Waals surface area contributed by atoms with E-state index < -0.39 is 0 Å². The highest BCUT2D eigenvalue weighted by Crippen LogP contribution is 2.28. The molecule has 5 heteroatoms. The molecule has 5 nitrogen and oxygen atoms in total. The lowest BCUT2D eigenvalue weighted by atomic mass is 9.99. The second kappa shape index (κ2) is 5.50. The normalized spacial score (nSPS) is 11.0. The Morgan fingerprint density at radius 3 is 2.57 bits per heavy atom. The zero-order valence-electron chi connectivity index (χ0n) is 14.1. The third kappa shape index (κ3) is 2.59. The van der Waals surface area contributed by atoms with E-state index in [2.05, 4.69) is 12.0 Å². The maximum atomic E-state index is 12.6. The third-order valence-electron chi connectivity index (χ3n) is 4.14. The molecular formula is C18H20N4O. The SMILES string of the molecule is Cc1ccc2c(C(=O)N(C)C)cc(-c3cnn(C)c3)nc2c1C. The Hall–Kier alpha value is -2.69. The zero-order chi connectivity index (χ0) is 16.7. The lowest BCUT2D eigenvalue weighted by Gasteiger charge is -2.15. The zero-order valence-corrected chi connectivity index (χ0v) is 14.1. The van der Waals surface area contributed by atoms with Crippen molar-refractivity contribution in [1.82, 2.24) is 19.7 Å². The molecule has 118 valence electrons. The van der Waals surface area contributed by atoms with Gasteiger partial charge in [-0.25, -0.2) is 4.98 Å². The summed E-state index contributed by atoms with van der Waals surface area (Å²) >= 11 is 0. The second-order valence-corrected chi connectivity index (χ2v) is 6.06. The lowest BCUT2D eigenvalue weighted by Crippen LogP contribution is -2.22. The van der Waals surface area contributed by atoms with Crippen LogP contribution in [0.25, 0.3) is 22.2 Å². The van der Waals surface area contributed by atoms with Gasteiger partial charge in [0.2, 0.25) is 0 Å². The molecule has 0 radical (unpaired) electrons. The van der Waals surface area contributed by atoms with Crippen LogP contribution in [0.5, 0.6) is 0 Å². The molecule has 3 aromatic rings. The van der Waals surface area contributed by atoms with Crippen LogP contribution in [0.15, 0.2) is 30.6 Å². The Kier molecular flexibility index (Phi) is 3.64. The standard InChI is InChI=1S/C18H20N4O/c1-11-6-7-14-15(18(23)21(3)4)8-16(20-17(14)12(11)2)13-9-19-22(5)10-13/h6-10H,1-5H3. The summed E-state index contributed by atoms with van der Waals surface area (Å²) < 4.78 is 1.73. The highest BCUT2D eigenvalue weighted by Gasteiger charge is 2.17. The molecule has 0 aliphatic rings. The van der Waals surface area contributed by atoms with Crippen molar-refractivity contribution in [2.24, 2.45) is 7.05 Å². The summed E-state index contributed by atoms with van der Waals surface area (Å²) in [5, 5.41) is 5.09. The van der Waals surface area contributed by atoms with E-state index in [1.165, 1.54) is 0 Å². The average Bonchev–Trinajstić information content (AvgIpc) is 2.96. The number of hydrogen-bond acceptors (Lipinski definition) is 3. The number of hydrogen-bond donors (Lipinski definition) is 0. The average molecular weight is 308 g/mol. The van der Waals surface area contributed by atoms with Crippen LogP contribution >= 0.6 is 0 Å². The highest BCUT2D eigenvalue weighted by molar-refractivity contribution is 6.07. The van der Waals surface area contributed by atoms with Crippen molar-refractivity contribution in [2.45, 2.75) is 13.8 Å².